The molecule has 0 radical (unpaired) electrons. The quantitative estimate of drug-likeness (QED) is 0.801. The third kappa shape index (κ3) is 3.68. The summed E-state index contributed by atoms with van der Waals surface area (Å²) < 4.78 is 34.5. The van der Waals surface area contributed by atoms with Crippen LogP contribution >= 0.6 is 0 Å². The van der Waals surface area contributed by atoms with E-state index in [1.54, 1.807) is 25.2 Å². The molecule has 1 atom stereocenters. The van der Waals surface area contributed by atoms with Gasteiger partial charge in [0, 0.05) is 25.4 Å². The van der Waals surface area contributed by atoms with E-state index in [9.17, 15) is 13.2 Å². The smallest absolute Gasteiger partial charge is 0.254 e. The number of pyridine rings is 1. The maximum atomic E-state index is 12.8. The van der Waals surface area contributed by atoms with Crippen LogP contribution in [0.25, 0.3) is 0 Å². The molecule has 1 aliphatic rings. The van der Waals surface area contributed by atoms with Gasteiger partial charge < -0.3 is 9.30 Å². The normalized spacial score (nSPS) is 18.2. The average molecular weight is 376 g/mol. The summed E-state index contributed by atoms with van der Waals surface area (Å²) >= 11 is 0. The van der Waals surface area contributed by atoms with E-state index in [0.717, 1.165) is 17.7 Å². The fourth-order valence-corrected chi connectivity index (χ4v) is 4.54. The molecule has 3 rings (SSSR count). The predicted molar refractivity (Wildman–Crippen MR) is 100 cm³/mol. The molecule has 1 aromatic carbocycles. The number of hydrogen-bond donors (Lipinski definition) is 0. The van der Waals surface area contributed by atoms with Crippen molar-refractivity contribution in [3.63, 3.8) is 0 Å². The van der Waals surface area contributed by atoms with Crippen molar-refractivity contribution < 1.29 is 13.2 Å². The first kappa shape index (κ1) is 18.7. The Kier molecular flexibility index (Phi) is 5.20. The van der Waals surface area contributed by atoms with Gasteiger partial charge in [0.05, 0.1) is 11.4 Å². The summed E-state index contributed by atoms with van der Waals surface area (Å²) in [4.78, 5) is 12.2. The fourth-order valence-electron chi connectivity index (χ4n) is 3.06. The average Bonchev–Trinajstić information content (AvgIpc) is 3.09. The highest BCUT2D eigenvalue weighted by Crippen LogP contribution is 2.24. The zero-order valence-electron chi connectivity index (χ0n) is 15.3. The second kappa shape index (κ2) is 7.25. The van der Waals surface area contributed by atoms with Crippen LogP contribution in [0.5, 0.6) is 5.75 Å². The molecule has 0 N–H and O–H groups in total. The standard InChI is InChI=1S/C19H24N2O4S/c1-4-15-5-7-18(8-6-15)26(23,24)21-10-9-16(13-21)25-17-11-14(2)20(3)19(22)12-17/h5-8,11-12,16H,4,9-10,13H2,1-3H3. The van der Waals surface area contributed by atoms with Crippen LogP contribution in [0.1, 0.15) is 24.6 Å². The summed E-state index contributed by atoms with van der Waals surface area (Å²) in [7, 11) is -1.82. The molecular weight excluding hydrogens is 352 g/mol. The van der Waals surface area contributed by atoms with Crippen LogP contribution < -0.4 is 10.3 Å². The van der Waals surface area contributed by atoms with Crippen LogP contribution in [-0.4, -0.2) is 36.5 Å². The van der Waals surface area contributed by atoms with Gasteiger partial charge in [-0.15, -0.1) is 0 Å². The van der Waals surface area contributed by atoms with Crippen LogP contribution in [0.2, 0.25) is 0 Å². The summed E-state index contributed by atoms with van der Waals surface area (Å²) in [5.74, 6) is 0.488. The molecule has 2 aromatic rings. The van der Waals surface area contributed by atoms with E-state index >= 15 is 0 Å². The van der Waals surface area contributed by atoms with Crippen LogP contribution in [-0.2, 0) is 23.5 Å². The predicted octanol–water partition coefficient (Wildman–Crippen LogP) is 2.10. The lowest BCUT2D eigenvalue weighted by Crippen LogP contribution is -2.31. The molecular formula is C19H24N2O4S. The minimum absolute atomic E-state index is 0.140. The van der Waals surface area contributed by atoms with Gasteiger partial charge in [0.25, 0.3) is 5.56 Å². The monoisotopic (exact) mass is 376 g/mol. The molecule has 1 aromatic heterocycles. The third-order valence-electron chi connectivity index (χ3n) is 4.86. The van der Waals surface area contributed by atoms with E-state index in [4.69, 9.17) is 4.74 Å². The van der Waals surface area contributed by atoms with E-state index in [1.807, 2.05) is 26.0 Å². The van der Waals surface area contributed by atoms with Gasteiger partial charge in [0.15, 0.2) is 0 Å². The van der Waals surface area contributed by atoms with Crippen molar-refractivity contribution in [2.75, 3.05) is 13.1 Å². The van der Waals surface area contributed by atoms with Crippen molar-refractivity contribution in [2.45, 2.75) is 37.7 Å². The first-order chi connectivity index (χ1) is 12.3. The topological polar surface area (TPSA) is 68.6 Å². The second-order valence-electron chi connectivity index (χ2n) is 6.62. The minimum Gasteiger partial charge on any atom is -0.489 e. The van der Waals surface area contributed by atoms with E-state index in [-0.39, 0.29) is 18.2 Å². The number of ether oxygens (including phenoxy) is 1. The zero-order valence-corrected chi connectivity index (χ0v) is 16.1. The largest absolute Gasteiger partial charge is 0.489 e. The molecule has 2 heterocycles. The van der Waals surface area contributed by atoms with Gasteiger partial charge in [-0.25, -0.2) is 8.42 Å². The fraction of sp³-hybridized carbons (Fsp3) is 0.421. The maximum Gasteiger partial charge on any atom is 0.254 e. The van der Waals surface area contributed by atoms with Crippen molar-refractivity contribution in [1.29, 1.82) is 0 Å². The van der Waals surface area contributed by atoms with Gasteiger partial charge in [-0.3, -0.25) is 4.79 Å². The van der Waals surface area contributed by atoms with Crippen molar-refractivity contribution in [1.82, 2.24) is 8.87 Å². The highest BCUT2D eigenvalue weighted by atomic mass is 32.2. The molecule has 7 heteroatoms. The lowest BCUT2D eigenvalue weighted by atomic mass is 10.2. The molecule has 6 nitrogen and oxygen atoms in total. The Labute approximate surface area is 154 Å². The van der Waals surface area contributed by atoms with Gasteiger partial charge in [0.2, 0.25) is 10.0 Å². The summed E-state index contributed by atoms with van der Waals surface area (Å²) in [6.45, 7) is 4.56. The lowest BCUT2D eigenvalue weighted by molar-refractivity contribution is 0.214. The molecule has 26 heavy (non-hydrogen) atoms. The number of hydrogen-bond acceptors (Lipinski definition) is 4. The Morgan fingerprint density at radius 3 is 2.50 bits per heavy atom. The van der Waals surface area contributed by atoms with Crippen molar-refractivity contribution in [3.05, 3.63) is 58.0 Å². The SMILES string of the molecule is CCc1ccc(S(=O)(=O)N2CCC(Oc3cc(C)n(C)c(=O)c3)C2)cc1. The highest BCUT2D eigenvalue weighted by Gasteiger charge is 2.33. The van der Waals surface area contributed by atoms with E-state index in [0.29, 0.717) is 23.6 Å². The minimum atomic E-state index is -3.52. The van der Waals surface area contributed by atoms with E-state index < -0.39 is 10.0 Å². The summed E-state index contributed by atoms with van der Waals surface area (Å²) in [6, 6.07) is 10.2. The summed E-state index contributed by atoms with van der Waals surface area (Å²) in [5.41, 5.74) is 1.76. The van der Waals surface area contributed by atoms with Crippen LogP contribution in [0, 0.1) is 6.92 Å². The number of aryl methyl sites for hydroxylation is 2. The van der Waals surface area contributed by atoms with E-state index in [1.165, 1.54) is 14.9 Å². The Balaban J connectivity index is 1.72. The van der Waals surface area contributed by atoms with Gasteiger partial charge >= 0.3 is 0 Å². The first-order valence-electron chi connectivity index (χ1n) is 8.74. The molecule has 1 fully saturated rings. The number of benzene rings is 1. The van der Waals surface area contributed by atoms with Crippen LogP contribution in [0.4, 0.5) is 0 Å². The Bertz CT molecular complexity index is 948. The van der Waals surface area contributed by atoms with E-state index in [2.05, 4.69) is 0 Å². The molecule has 140 valence electrons. The Hall–Kier alpha value is -2.12. The first-order valence-corrected chi connectivity index (χ1v) is 10.2. The van der Waals surface area contributed by atoms with Crippen LogP contribution in [0.15, 0.2) is 46.1 Å². The van der Waals surface area contributed by atoms with Gasteiger partial charge in [0.1, 0.15) is 11.9 Å². The number of rotatable bonds is 5. The van der Waals surface area contributed by atoms with Crippen molar-refractivity contribution in [3.8, 4) is 5.75 Å². The third-order valence-corrected chi connectivity index (χ3v) is 6.74. The summed E-state index contributed by atoms with van der Waals surface area (Å²) in [5, 5.41) is 0. The highest BCUT2D eigenvalue weighted by molar-refractivity contribution is 7.89. The molecule has 0 aliphatic carbocycles. The molecule has 1 unspecified atom stereocenters. The zero-order chi connectivity index (χ0) is 18.9. The van der Waals surface area contributed by atoms with Crippen molar-refractivity contribution in [2.24, 2.45) is 7.05 Å². The molecule has 0 amide bonds. The number of aromatic nitrogens is 1. The van der Waals surface area contributed by atoms with Crippen LogP contribution in [0.3, 0.4) is 0 Å². The van der Waals surface area contributed by atoms with Gasteiger partial charge in [-0.1, -0.05) is 19.1 Å². The number of sulfonamides is 1. The maximum absolute atomic E-state index is 12.8. The van der Waals surface area contributed by atoms with Crippen molar-refractivity contribution >= 4 is 10.0 Å². The molecule has 0 spiro atoms. The molecule has 0 saturated carbocycles. The Morgan fingerprint density at radius 1 is 1.19 bits per heavy atom. The molecule has 0 bridgehead atoms. The second-order valence-corrected chi connectivity index (χ2v) is 8.56. The number of nitrogens with zero attached hydrogens (tertiary/aromatic N) is 2. The van der Waals surface area contributed by atoms with Gasteiger partial charge in [-0.05, 0) is 43.5 Å². The molecule has 1 aliphatic heterocycles. The van der Waals surface area contributed by atoms with Gasteiger partial charge in [-0.2, -0.15) is 4.31 Å². The molecule has 1 saturated heterocycles. The lowest BCUT2D eigenvalue weighted by Gasteiger charge is -2.18. The Morgan fingerprint density at radius 2 is 1.88 bits per heavy atom. The summed E-state index contributed by atoms with van der Waals surface area (Å²) in [6.07, 6.45) is 1.21.